The lowest BCUT2D eigenvalue weighted by atomic mass is 10.2. The minimum absolute atomic E-state index is 0.202. The first kappa shape index (κ1) is 20.5. The minimum atomic E-state index is -0.298. The zero-order chi connectivity index (χ0) is 20.6. The Labute approximate surface area is 172 Å². The van der Waals surface area contributed by atoms with Crippen LogP contribution in [0.4, 0.5) is 5.82 Å². The predicted octanol–water partition coefficient (Wildman–Crippen LogP) is 2.21. The summed E-state index contributed by atoms with van der Waals surface area (Å²) in [6.07, 6.45) is 4.38. The van der Waals surface area contributed by atoms with E-state index in [0.717, 1.165) is 0 Å². The van der Waals surface area contributed by atoms with Crippen LogP contribution in [0.1, 0.15) is 29.6 Å². The Bertz CT molecular complexity index is 989. The number of imidazole rings is 1. The highest BCUT2D eigenvalue weighted by atomic mass is 35.5. The average molecular weight is 417 g/mol. The second-order valence-electron chi connectivity index (χ2n) is 6.31. The smallest absolute Gasteiger partial charge is 0.305 e. The van der Waals surface area contributed by atoms with Crippen LogP contribution < -0.4 is 11.1 Å². The molecule has 2 aromatic heterocycles. The first-order valence-corrected chi connectivity index (χ1v) is 9.53. The lowest BCUT2D eigenvalue weighted by Crippen LogP contribution is -2.25. The van der Waals surface area contributed by atoms with Crippen molar-refractivity contribution in [1.82, 2.24) is 24.8 Å². The van der Waals surface area contributed by atoms with E-state index in [1.54, 1.807) is 30.6 Å². The van der Waals surface area contributed by atoms with E-state index in [0.29, 0.717) is 53.5 Å². The maximum atomic E-state index is 11.9. The van der Waals surface area contributed by atoms with E-state index in [2.05, 4.69) is 20.3 Å². The summed E-state index contributed by atoms with van der Waals surface area (Å²) < 4.78 is 7.06. The lowest BCUT2D eigenvalue weighted by molar-refractivity contribution is -0.143. The summed E-state index contributed by atoms with van der Waals surface area (Å²) in [6, 6.07) is 6.61. The lowest BCUT2D eigenvalue weighted by Gasteiger charge is -2.07. The maximum Gasteiger partial charge on any atom is 0.305 e. The van der Waals surface area contributed by atoms with Gasteiger partial charge in [0.15, 0.2) is 11.5 Å². The largest absolute Gasteiger partial charge is 0.466 e. The Balaban J connectivity index is 1.30. The van der Waals surface area contributed by atoms with Crippen LogP contribution in [-0.4, -0.2) is 44.5 Å². The van der Waals surface area contributed by atoms with Crippen molar-refractivity contribution in [3.63, 3.8) is 0 Å². The summed E-state index contributed by atoms with van der Waals surface area (Å²) in [7, 11) is 0. The van der Waals surface area contributed by atoms with E-state index in [4.69, 9.17) is 22.1 Å². The number of nitrogens with zero attached hydrogens (tertiary/aromatic N) is 4. The Hall–Kier alpha value is -3.20. The van der Waals surface area contributed by atoms with Gasteiger partial charge in [-0.15, -0.1) is 0 Å². The number of hydrogen-bond acceptors (Lipinski definition) is 7. The van der Waals surface area contributed by atoms with Gasteiger partial charge in [-0.3, -0.25) is 9.59 Å². The summed E-state index contributed by atoms with van der Waals surface area (Å²) >= 11 is 5.79. The van der Waals surface area contributed by atoms with Crippen molar-refractivity contribution in [1.29, 1.82) is 0 Å². The molecule has 0 fully saturated rings. The number of rotatable bonds is 9. The topological polar surface area (TPSA) is 125 Å². The van der Waals surface area contributed by atoms with Gasteiger partial charge in [-0.05, 0) is 37.1 Å². The molecule has 2 heterocycles. The molecule has 10 heteroatoms. The Kier molecular flexibility index (Phi) is 6.96. The van der Waals surface area contributed by atoms with Gasteiger partial charge in [0.1, 0.15) is 11.8 Å². The molecule has 1 aromatic carbocycles. The van der Waals surface area contributed by atoms with Gasteiger partial charge in [-0.25, -0.2) is 15.0 Å². The van der Waals surface area contributed by atoms with Gasteiger partial charge in [-0.2, -0.15) is 0 Å². The summed E-state index contributed by atoms with van der Waals surface area (Å²) in [5, 5.41) is 3.33. The van der Waals surface area contributed by atoms with E-state index in [1.165, 1.54) is 6.33 Å². The quantitative estimate of drug-likeness (QED) is 0.404. The third-order valence-corrected chi connectivity index (χ3v) is 4.44. The molecule has 9 nitrogen and oxygen atoms in total. The first-order valence-electron chi connectivity index (χ1n) is 9.15. The highest BCUT2D eigenvalue weighted by Crippen LogP contribution is 2.14. The fourth-order valence-corrected chi connectivity index (χ4v) is 2.82. The first-order chi connectivity index (χ1) is 14.0. The van der Waals surface area contributed by atoms with E-state index >= 15 is 0 Å². The molecule has 0 aliphatic carbocycles. The molecule has 3 rings (SSSR count). The van der Waals surface area contributed by atoms with Crippen LogP contribution in [0.15, 0.2) is 36.9 Å². The van der Waals surface area contributed by atoms with E-state index in [-0.39, 0.29) is 24.9 Å². The number of fused-ring (bicyclic) bond motifs is 1. The molecule has 152 valence electrons. The molecule has 0 aliphatic rings. The molecule has 0 unspecified atom stereocenters. The van der Waals surface area contributed by atoms with Crippen molar-refractivity contribution < 1.29 is 14.3 Å². The molecule has 0 aliphatic heterocycles. The maximum absolute atomic E-state index is 11.9. The van der Waals surface area contributed by atoms with Gasteiger partial charge in [-0.1, -0.05) is 11.6 Å². The van der Waals surface area contributed by atoms with Crippen LogP contribution in [0.5, 0.6) is 0 Å². The molecule has 3 N–H and O–H groups in total. The van der Waals surface area contributed by atoms with Gasteiger partial charge < -0.3 is 20.4 Å². The highest BCUT2D eigenvalue weighted by molar-refractivity contribution is 6.30. The average Bonchev–Trinajstić information content (AvgIpc) is 3.13. The monoisotopic (exact) mass is 416 g/mol. The van der Waals surface area contributed by atoms with E-state index in [9.17, 15) is 9.59 Å². The van der Waals surface area contributed by atoms with Gasteiger partial charge in [0.2, 0.25) is 0 Å². The number of carbonyl (C=O) groups is 2. The van der Waals surface area contributed by atoms with Gasteiger partial charge >= 0.3 is 5.97 Å². The number of ether oxygens (including phenoxy) is 1. The van der Waals surface area contributed by atoms with Crippen LogP contribution in [-0.2, 0) is 16.1 Å². The summed E-state index contributed by atoms with van der Waals surface area (Å²) in [5.41, 5.74) is 7.49. The molecule has 0 spiro atoms. The second kappa shape index (κ2) is 9.83. The normalized spacial score (nSPS) is 10.8. The number of nitrogen functional groups attached to an aromatic ring is 1. The second-order valence-corrected chi connectivity index (χ2v) is 6.75. The SMILES string of the molecule is Nc1ncnc2c1ncn2CCCOC(=O)CCCNC(=O)c1ccc(Cl)cc1. The third kappa shape index (κ3) is 5.64. The number of hydrogen-bond donors (Lipinski definition) is 2. The number of nitrogens with two attached hydrogens (primary N) is 1. The molecule has 29 heavy (non-hydrogen) atoms. The standard InChI is InChI=1S/C19H21ClN6O3/c20-14-6-4-13(5-7-14)19(28)22-8-1-3-15(27)29-10-2-9-26-12-25-16-17(21)23-11-24-18(16)26/h4-7,11-12H,1-3,8-10H2,(H,22,28)(H2,21,23,24). The summed E-state index contributed by atoms with van der Waals surface area (Å²) in [4.78, 5) is 36.0. The fourth-order valence-electron chi connectivity index (χ4n) is 2.69. The van der Waals surface area contributed by atoms with Gasteiger partial charge in [0, 0.05) is 30.1 Å². The number of esters is 1. The van der Waals surface area contributed by atoms with Gasteiger partial charge in [0.25, 0.3) is 5.91 Å². The van der Waals surface area contributed by atoms with Crippen LogP contribution in [0.25, 0.3) is 11.2 Å². The molecule has 0 saturated carbocycles. The van der Waals surface area contributed by atoms with Crippen LogP contribution in [0.2, 0.25) is 5.02 Å². The number of anilines is 1. The van der Waals surface area contributed by atoms with Gasteiger partial charge in [0.05, 0.1) is 12.9 Å². The molecule has 3 aromatic rings. The number of amides is 1. The van der Waals surface area contributed by atoms with Crippen molar-refractivity contribution in [2.45, 2.75) is 25.8 Å². The Morgan fingerprint density at radius 3 is 2.72 bits per heavy atom. The number of benzene rings is 1. The molecular weight excluding hydrogens is 396 g/mol. The highest BCUT2D eigenvalue weighted by Gasteiger charge is 2.09. The number of nitrogens with one attached hydrogen (secondary N) is 1. The molecular formula is C19H21ClN6O3. The number of aromatic nitrogens is 4. The predicted molar refractivity (Wildman–Crippen MR) is 108 cm³/mol. The molecule has 0 bridgehead atoms. The van der Waals surface area contributed by atoms with Crippen molar-refractivity contribution >= 4 is 40.5 Å². The van der Waals surface area contributed by atoms with E-state index < -0.39 is 0 Å². The summed E-state index contributed by atoms with van der Waals surface area (Å²) in [6.45, 7) is 1.27. The molecule has 0 atom stereocenters. The van der Waals surface area contributed by atoms with E-state index in [1.807, 2.05) is 4.57 Å². The summed E-state index contributed by atoms with van der Waals surface area (Å²) in [5.74, 6) is -0.164. The Morgan fingerprint density at radius 1 is 1.14 bits per heavy atom. The Morgan fingerprint density at radius 2 is 1.93 bits per heavy atom. The van der Waals surface area contributed by atoms with Crippen molar-refractivity contribution in [2.75, 3.05) is 18.9 Å². The number of halogens is 1. The zero-order valence-corrected chi connectivity index (χ0v) is 16.4. The number of aryl methyl sites for hydroxylation is 1. The van der Waals surface area contributed by atoms with Crippen LogP contribution >= 0.6 is 11.6 Å². The van der Waals surface area contributed by atoms with Crippen LogP contribution in [0.3, 0.4) is 0 Å². The van der Waals surface area contributed by atoms with Crippen molar-refractivity contribution in [2.24, 2.45) is 0 Å². The molecule has 0 radical (unpaired) electrons. The fraction of sp³-hybridized carbons (Fsp3) is 0.316. The zero-order valence-electron chi connectivity index (χ0n) is 15.7. The van der Waals surface area contributed by atoms with Crippen molar-refractivity contribution in [3.8, 4) is 0 Å². The number of carbonyl (C=O) groups excluding carboxylic acids is 2. The molecule has 1 amide bonds. The van der Waals surface area contributed by atoms with Crippen LogP contribution in [0, 0.1) is 0 Å². The minimum Gasteiger partial charge on any atom is -0.466 e. The third-order valence-electron chi connectivity index (χ3n) is 4.19. The molecule has 0 saturated heterocycles. The van der Waals surface area contributed by atoms with Crippen molar-refractivity contribution in [3.05, 3.63) is 47.5 Å².